The van der Waals surface area contributed by atoms with E-state index in [1.807, 2.05) is 43.3 Å². The molecule has 4 rings (SSSR count). The molecule has 0 N–H and O–H groups in total. The second-order valence-electron chi connectivity index (χ2n) is 7.17. The van der Waals surface area contributed by atoms with E-state index in [1.54, 1.807) is 18.7 Å². The molecule has 0 spiro atoms. The summed E-state index contributed by atoms with van der Waals surface area (Å²) in [6.45, 7) is 4.15. The second kappa shape index (κ2) is 6.50. The number of benzene rings is 2. The van der Waals surface area contributed by atoms with Crippen molar-refractivity contribution in [2.45, 2.75) is 36.7 Å². The molecule has 1 fully saturated rings. The molecule has 1 saturated heterocycles. The maximum Gasteiger partial charge on any atom is 0.154 e. The average molecular weight is 354 g/mol. The molecule has 0 unspecified atom stereocenters. The molecule has 0 amide bonds. The van der Waals surface area contributed by atoms with Crippen LogP contribution in [0.15, 0.2) is 59.5 Å². The fraction of sp³-hybridized carbons (Fsp3) is 0.381. The van der Waals surface area contributed by atoms with E-state index in [4.69, 9.17) is 9.47 Å². The number of hydrogen-bond acceptors (Lipinski definition) is 4. The van der Waals surface area contributed by atoms with Gasteiger partial charge in [0.25, 0.3) is 0 Å². The number of ether oxygens (including phenoxy) is 2. The van der Waals surface area contributed by atoms with Crippen LogP contribution in [0, 0.1) is 11.3 Å². The summed E-state index contributed by atoms with van der Waals surface area (Å²) in [5, 5.41) is 0. The van der Waals surface area contributed by atoms with E-state index in [-0.39, 0.29) is 23.2 Å². The molecule has 130 valence electrons. The molecule has 2 aromatic carbocycles. The first-order valence-electron chi connectivity index (χ1n) is 8.67. The van der Waals surface area contributed by atoms with E-state index in [0.717, 1.165) is 17.7 Å². The van der Waals surface area contributed by atoms with Crippen molar-refractivity contribution in [2.75, 3.05) is 6.61 Å². The first-order valence-corrected chi connectivity index (χ1v) is 9.55. The fourth-order valence-electron chi connectivity index (χ4n) is 3.67. The van der Waals surface area contributed by atoms with Gasteiger partial charge in [0.2, 0.25) is 0 Å². The second-order valence-corrected chi connectivity index (χ2v) is 8.34. The maximum absolute atomic E-state index is 12.2. The predicted molar refractivity (Wildman–Crippen MR) is 98.7 cm³/mol. The Morgan fingerprint density at radius 1 is 1.12 bits per heavy atom. The minimum absolute atomic E-state index is 0.0152. The molecule has 2 aliphatic rings. The Kier molecular flexibility index (Phi) is 4.34. The Labute approximate surface area is 152 Å². The fourth-order valence-corrected chi connectivity index (χ4v) is 4.82. The van der Waals surface area contributed by atoms with Crippen LogP contribution < -0.4 is 4.74 Å². The van der Waals surface area contributed by atoms with Gasteiger partial charge in [-0.1, -0.05) is 55.1 Å². The number of para-hydroxylation sites is 1. The van der Waals surface area contributed by atoms with Gasteiger partial charge in [0.15, 0.2) is 5.44 Å². The van der Waals surface area contributed by atoms with Crippen LogP contribution in [-0.2, 0) is 9.53 Å². The van der Waals surface area contributed by atoms with E-state index in [1.165, 1.54) is 4.90 Å². The lowest BCUT2D eigenvalue weighted by atomic mass is 9.73. The normalized spacial score (nSPS) is 30.7. The zero-order valence-corrected chi connectivity index (χ0v) is 15.3. The highest BCUT2D eigenvalue weighted by Crippen LogP contribution is 2.52. The number of thioether (sulfide) groups is 1. The minimum atomic E-state index is -0.438. The van der Waals surface area contributed by atoms with Gasteiger partial charge in [0.1, 0.15) is 11.5 Å². The molecular weight excluding hydrogens is 332 g/mol. The summed E-state index contributed by atoms with van der Waals surface area (Å²) in [6.07, 6.45) is 0.768. The predicted octanol–water partition coefficient (Wildman–Crippen LogP) is 4.87. The van der Waals surface area contributed by atoms with Gasteiger partial charge in [0.05, 0.1) is 12.7 Å². The van der Waals surface area contributed by atoms with E-state index < -0.39 is 5.41 Å². The van der Waals surface area contributed by atoms with Gasteiger partial charge in [-0.05, 0) is 31.5 Å². The monoisotopic (exact) mass is 354 g/mol. The summed E-state index contributed by atoms with van der Waals surface area (Å²) in [6, 6.07) is 18.4. The molecule has 0 aromatic heterocycles. The molecule has 2 aliphatic heterocycles. The number of Topliss-reactive ketones (excluding diaryl/α,β-unsaturated/α-hetero) is 1. The zero-order chi connectivity index (χ0) is 17.4. The number of ketones is 1. The molecule has 2 aromatic rings. The minimum Gasteiger partial charge on any atom is -0.479 e. The van der Waals surface area contributed by atoms with E-state index >= 15 is 0 Å². The highest BCUT2D eigenvalue weighted by Gasteiger charge is 2.49. The third-order valence-corrected chi connectivity index (χ3v) is 6.54. The van der Waals surface area contributed by atoms with Gasteiger partial charge in [-0.25, -0.2) is 0 Å². The number of carbonyl (C=O) groups is 1. The van der Waals surface area contributed by atoms with Crippen LogP contribution in [0.25, 0.3) is 0 Å². The summed E-state index contributed by atoms with van der Waals surface area (Å²) in [7, 11) is 0. The Balaban J connectivity index is 1.69. The smallest absolute Gasteiger partial charge is 0.154 e. The molecule has 0 saturated carbocycles. The lowest BCUT2D eigenvalue weighted by molar-refractivity contribution is -0.151. The van der Waals surface area contributed by atoms with Gasteiger partial charge < -0.3 is 9.47 Å². The highest BCUT2D eigenvalue weighted by molar-refractivity contribution is 7.99. The summed E-state index contributed by atoms with van der Waals surface area (Å²) in [5.74, 6) is 1.22. The van der Waals surface area contributed by atoms with Gasteiger partial charge in [-0.2, -0.15) is 0 Å². The SMILES string of the molecule is CC(=O)[C@]1(C)CO[C@@H]2c3ccccc3O[C@H](Sc3ccccc3)[C@H]2C1. The van der Waals surface area contributed by atoms with Crippen molar-refractivity contribution in [1.82, 2.24) is 0 Å². The van der Waals surface area contributed by atoms with Crippen molar-refractivity contribution >= 4 is 17.5 Å². The van der Waals surface area contributed by atoms with Crippen molar-refractivity contribution in [1.29, 1.82) is 0 Å². The molecule has 3 nitrogen and oxygen atoms in total. The summed E-state index contributed by atoms with van der Waals surface area (Å²) in [4.78, 5) is 13.3. The number of carbonyl (C=O) groups excluding carboxylic acids is 1. The maximum atomic E-state index is 12.2. The van der Waals surface area contributed by atoms with Gasteiger partial charge >= 0.3 is 0 Å². The van der Waals surface area contributed by atoms with Crippen molar-refractivity contribution in [3.8, 4) is 5.75 Å². The van der Waals surface area contributed by atoms with Crippen molar-refractivity contribution in [2.24, 2.45) is 11.3 Å². The number of fused-ring (bicyclic) bond motifs is 3. The Morgan fingerprint density at radius 3 is 2.60 bits per heavy atom. The third kappa shape index (κ3) is 3.09. The Hall–Kier alpha value is -1.78. The largest absolute Gasteiger partial charge is 0.479 e. The third-order valence-electron chi connectivity index (χ3n) is 5.32. The lowest BCUT2D eigenvalue weighted by Crippen LogP contribution is -2.47. The molecular formula is C21H22O3S. The summed E-state index contributed by atoms with van der Waals surface area (Å²) in [5.41, 5.74) is 0.594. The van der Waals surface area contributed by atoms with Gasteiger partial charge in [-0.3, -0.25) is 4.79 Å². The van der Waals surface area contributed by atoms with Crippen molar-refractivity contribution in [3.63, 3.8) is 0 Å². The summed E-state index contributed by atoms with van der Waals surface area (Å²) >= 11 is 1.71. The molecule has 0 bridgehead atoms. The number of hydrogen-bond donors (Lipinski definition) is 0. The van der Waals surface area contributed by atoms with Crippen LogP contribution >= 0.6 is 11.8 Å². The molecule has 25 heavy (non-hydrogen) atoms. The molecule has 0 aliphatic carbocycles. The summed E-state index contributed by atoms with van der Waals surface area (Å²) < 4.78 is 12.6. The first kappa shape index (κ1) is 16.7. The van der Waals surface area contributed by atoms with E-state index in [0.29, 0.717) is 6.61 Å². The molecule has 2 heterocycles. The standard InChI is InChI=1S/C21H22O3S/c1-14(22)21(2)12-17-19(23-13-21)16-10-6-7-11-18(16)24-20(17)25-15-8-4-3-5-9-15/h3-11,17,19-20H,12-13H2,1-2H3/t17-,19+,20+,21-/m0/s1. The van der Waals surface area contributed by atoms with Crippen LogP contribution in [0.5, 0.6) is 5.75 Å². The molecule has 4 atom stereocenters. The van der Waals surface area contributed by atoms with Crippen molar-refractivity contribution < 1.29 is 14.3 Å². The first-order chi connectivity index (χ1) is 12.1. The van der Waals surface area contributed by atoms with E-state index in [9.17, 15) is 4.79 Å². The van der Waals surface area contributed by atoms with Gasteiger partial charge in [-0.15, -0.1) is 0 Å². The van der Waals surface area contributed by atoms with Crippen LogP contribution in [0.2, 0.25) is 0 Å². The van der Waals surface area contributed by atoms with Crippen LogP contribution in [0.1, 0.15) is 31.9 Å². The average Bonchev–Trinajstić information content (AvgIpc) is 2.62. The lowest BCUT2D eigenvalue weighted by Gasteiger charge is -2.47. The van der Waals surface area contributed by atoms with Crippen molar-refractivity contribution in [3.05, 3.63) is 60.2 Å². The zero-order valence-electron chi connectivity index (χ0n) is 14.5. The van der Waals surface area contributed by atoms with Gasteiger partial charge in [0, 0.05) is 21.8 Å². The highest BCUT2D eigenvalue weighted by atomic mass is 32.2. The van der Waals surface area contributed by atoms with Crippen LogP contribution in [-0.4, -0.2) is 17.8 Å². The Bertz CT molecular complexity index is 776. The topological polar surface area (TPSA) is 35.5 Å². The number of rotatable bonds is 3. The molecule has 4 heteroatoms. The quantitative estimate of drug-likeness (QED) is 0.788. The van der Waals surface area contributed by atoms with E-state index in [2.05, 4.69) is 18.2 Å². The van der Waals surface area contributed by atoms with Crippen LogP contribution in [0.3, 0.4) is 0 Å². The van der Waals surface area contributed by atoms with Crippen LogP contribution in [0.4, 0.5) is 0 Å². The molecule has 0 radical (unpaired) electrons. The Morgan fingerprint density at radius 2 is 1.84 bits per heavy atom.